The second kappa shape index (κ2) is 5.36. The van der Waals surface area contributed by atoms with E-state index in [4.69, 9.17) is 10.9 Å². The van der Waals surface area contributed by atoms with E-state index < -0.39 is 0 Å². The zero-order chi connectivity index (χ0) is 14.0. The van der Waals surface area contributed by atoms with E-state index in [1.807, 2.05) is 0 Å². The minimum Gasteiger partial charge on any atom is -0.409 e. The van der Waals surface area contributed by atoms with Crippen molar-refractivity contribution in [3.63, 3.8) is 0 Å². The van der Waals surface area contributed by atoms with Crippen molar-refractivity contribution in [3.05, 3.63) is 0 Å². The molecule has 2 aliphatic rings. The number of amidine groups is 1. The topological polar surface area (TPSA) is 91.0 Å². The fraction of sp³-hybridized carbons (Fsp3) is 0.846. The number of nitrogens with zero attached hydrogens (tertiary/aromatic N) is 2. The van der Waals surface area contributed by atoms with E-state index in [9.17, 15) is 4.79 Å². The maximum atomic E-state index is 12.0. The molecule has 0 aromatic heterocycles. The number of hydrogen-bond acceptors (Lipinski definition) is 4. The molecule has 0 radical (unpaired) electrons. The van der Waals surface area contributed by atoms with Gasteiger partial charge in [-0.3, -0.25) is 9.69 Å². The van der Waals surface area contributed by atoms with Crippen molar-refractivity contribution in [1.82, 2.24) is 10.2 Å². The number of piperidine rings is 1. The molecule has 4 N–H and O–H groups in total. The molecule has 0 aromatic carbocycles. The average molecular weight is 268 g/mol. The predicted octanol–water partition coefficient (Wildman–Crippen LogP) is 0.360. The van der Waals surface area contributed by atoms with E-state index in [0.717, 1.165) is 32.4 Å². The monoisotopic (exact) mass is 268 g/mol. The number of oxime groups is 1. The van der Waals surface area contributed by atoms with Crippen LogP contribution in [0.4, 0.5) is 0 Å². The van der Waals surface area contributed by atoms with Gasteiger partial charge in [0.15, 0.2) is 5.84 Å². The van der Waals surface area contributed by atoms with Gasteiger partial charge in [0, 0.05) is 25.0 Å². The molecular formula is C13H24N4O2. The van der Waals surface area contributed by atoms with Crippen LogP contribution < -0.4 is 11.1 Å². The molecule has 1 heterocycles. The highest BCUT2D eigenvalue weighted by atomic mass is 16.4. The third-order valence-corrected chi connectivity index (χ3v) is 4.28. The Kier molecular flexibility index (Phi) is 3.99. The van der Waals surface area contributed by atoms with Gasteiger partial charge in [0.2, 0.25) is 5.91 Å². The van der Waals surface area contributed by atoms with Gasteiger partial charge in [-0.25, -0.2) is 0 Å². The van der Waals surface area contributed by atoms with Gasteiger partial charge in [-0.05, 0) is 24.7 Å². The third-order valence-electron chi connectivity index (χ3n) is 4.28. The summed E-state index contributed by atoms with van der Waals surface area (Å²) in [6.45, 7) is 6.50. The summed E-state index contributed by atoms with van der Waals surface area (Å²) >= 11 is 0. The molecule has 1 atom stereocenters. The van der Waals surface area contributed by atoms with E-state index in [-0.39, 0.29) is 29.1 Å². The smallest absolute Gasteiger partial charge is 0.223 e. The van der Waals surface area contributed by atoms with Crippen LogP contribution in [0.1, 0.15) is 33.1 Å². The number of amides is 1. The van der Waals surface area contributed by atoms with Crippen molar-refractivity contribution in [2.75, 3.05) is 19.6 Å². The standard InChI is InChI=1S/C13H24N4O2/c1-13(2)7-10(13)12(18)15-9-3-5-17(6-4-9)8-11(14)16-19/h9-10,19H,3-8H2,1-2H3,(H2,14,16)(H,15,18). The molecule has 108 valence electrons. The van der Waals surface area contributed by atoms with Crippen LogP contribution in [0.5, 0.6) is 0 Å². The molecule has 2 rings (SSSR count). The van der Waals surface area contributed by atoms with E-state index in [1.165, 1.54) is 0 Å². The molecule has 6 heteroatoms. The van der Waals surface area contributed by atoms with Gasteiger partial charge < -0.3 is 16.3 Å². The summed E-state index contributed by atoms with van der Waals surface area (Å²) in [4.78, 5) is 14.1. The first-order chi connectivity index (χ1) is 8.92. The van der Waals surface area contributed by atoms with Crippen LogP contribution in [0.2, 0.25) is 0 Å². The highest BCUT2D eigenvalue weighted by Gasteiger charge is 2.50. The molecule has 0 aromatic rings. The van der Waals surface area contributed by atoms with E-state index in [2.05, 4.69) is 29.2 Å². The number of nitrogens with one attached hydrogen (secondary N) is 1. The molecule has 1 aliphatic carbocycles. The summed E-state index contributed by atoms with van der Waals surface area (Å²) in [5.74, 6) is 0.643. The number of nitrogens with two attached hydrogens (primary N) is 1. The summed E-state index contributed by atoms with van der Waals surface area (Å²) in [6.07, 6.45) is 2.86. The lowest BCUT2D eigenvalue weighted by molar-refractivity contribution is -0.124. The lowest BCUT2D eigenvalue weighted by Gasteiger charge is -2.32. The Morgan fingerprint density at radius 3 is 2.53 bits per heavy atom. The largest absolute Gasteiger partial charge is 0.409 e. The van der Waals surface area contributed by atoms with Gasteiger partial charge in [-0.2, -0.15) is 0 Å². The molecule has 0 bridgehead atoms. The van der Waals surface area contributed by atoms with Crippen LogP contribution in [-0.2, 0) is 4.79 Å². The Labute approximate surface area is 114 Å². The lowest BCUT2D eigenvalue weighted by atomic mass is 10.0. The fourth-order valence-electron chi connectivity index (χ4n) is 2.71. The fourth-order valence-corrected chi connectivity index (χ4v) is 2.71. The highest BCUT2D eigenvalue weighted by Crippen LogP contribution is 2.51. The molecule has 1 unspecified atom stereocenters. The molecule has 1 saturated heterocycles. The van der Waals surface area contributed by atoms with Crippen LogP contribution in [0.15, 0.2) is 5.16 Å². The van der Waals surface area contributed by atoms with Crippen molar-refractivity contribution >= 4 is 11.7 Å². The first-order valence-corrected chi connectivity index (χ1v) is 6.91. The lowest BCUT2D eigenvalue weighted by Crippen LogP contribution is -2.47. The second-order valence-corrected chi connectivity index (χ2v) is 6.40. The first-order valence-electron chi connectivity index (χ1n) is 6.91. The van der Waals surface area contributed by atoms with Crippen molar-refractivity contribution in [3.8, 4) is 0 Å². The average Bonchev–Trinajstić information content (AvgIpc) is 3.01. The van der Waals surface area contributed by atoms with Crippen molar-refractivity contribution in [2.24, 2.45) is 22.2 Å². The molecule has 1 amide bonds. The highest BCUT2D eigenvalue weighted by molar-refractivity contribution is 5.82. The Bertz CT molecular complexity index is 373. The molecular weight excluding hydrogens is 244 g/mol. The number of likely N-dealkylation sites (tertiary alicyclic amines) is 1. The van der Waals surface area contributed by atoms with E-state index in [1.54, 1.807) is 0 Å². The first kappa shape index (κ1) is 14.1. The number of hydrogen-bond donors (Lipinski definition) is 3. The Balaban J connectivity index is 1.70. The van der Waals surface area contributed by atoms with Crippen LogP contribution in [0, 0.1) is 11.3 Å². The van der Waals surface area contributed by atoms with Crippen LogP contribution in [0.3, 0.4) is 0 Å². The molecule has 6 nitrogen and oxygen atoms in total. The van der Waals surface area contributed by atoms with Crippen LogP contribution in [0.25, 0.3) is 0 Å². The minimum atomic E-state index is 0.191. The summed E-state index contributed by atoms with van der Waals surface area (Å²) in [5.41, 5.74) is 5.68. The summed E-state index contributed by atoms with van der Waals surface area (Å²) in [6, 6.07) is 0.271. The molecule has 0 spiro atoms. The normalized spacial score (nSPS) is 28.1. The zero-order valence-electron chi connectivity index (χ0n) is 11.7. The van der Waals surface area contributed by atoms with Crippen LogP contribution >= 0.6 is 0 Å². The SMILES string of the molecule is CC1(C)CC1C(=O)NC1CCN(CC(N)=NO)CC1. The predicted molar refractivity (Wildman–Crippen MR) is 72.9 cm³/mol. The van der Waals surface area contributed by atoms with Gasteiger partial charge in [0.1, 0.15) is 0 Å². The van der Waals surface area contributed by atoms with Gasteiger partial charge in [-0.15, -0.1) is 0 Å². The third kappa shape index (κ3) is 3.59. The van der Waals surface area contributed by atoms with E-state index in [0.29, 0.717) is 6.54 Å². The molecule has 2 fully saturated rings. The quantitative estimate of drug-likeness (QED) is 0.297. The molecule has 19 heavy (non-hydrogen) atoms. The second-order valence-electron chi connectivity index (χ2n) is 6.40. The zero-order valence-corrected chi connectivity index (χ0v) is 11.7. The number of carbonyl (C=O) groups excluding carboxylic acids is 1. The van der Waals surface area contributed by atoms with Gasteiger partial charge in [0.25, 0.3) is 0 Å². The summed E-state index contributed by atoms with van der Waals surface area (Å²) < 4.78 is 0. The number of rotatable bonds is 4. The van der Waals surface area contributed by atoms with Crippen LogP contribution in [-0.4, -0.2) is 47.5 Å². The Hall–Kier alpha value is -1.30. The van der Waals surface area contributed by atoms with Crippen molar-refractivity contribution in [1.29, 1.82) is 0 Å². The van der Waals surface area contributed by atoms with Crippen molar-refractivity contribution < 1.29 is 10.0 Å². The minimum absolute atomic E-state index is 0.191. The maximum absolute atomic E-state index is 12.0. The Morgan fingerprint density at radius 1 is 1.47 bits per heavy atom. The molecule has 1 aliphatic heterocycles. The number of carbonyl (C=O) groups is 1. The van der Waals surface area contributed by atoms with Gasteiger partial charge in [-0.1, -0.05) is 19.0 Å². The maximum Gasteiger partial charge on any atom is 0.223 e. The van der Waals surface area contributed by atoms with Gasteiger partial charge >= 0.3 is 0 Å². The molecule has 1 saturated carbocycles. The Morgan fingerprint density at radius 2 is 2.05 bits per heavy atom. The van der Waals surface area contributed by atoms with E-state index >= 15 is 0 Å². The van der Waals surface area contributed by atoms with Gasteiger partial charge in [0.05, 0.1) is 6.54 Å². The van der Waals surface area contributed by atoms with Crippen molar-refractivity contribution in [2.45, 2.75) is 39.2 Å². The summed E-state index contributed by atoms with van der Waals surface area (Å²) in [7, 11) is 0. The summed E-state index contributed by atoms with van der Waals surface area (Å²) in [5, 5.41) is 14.7.